The van der Waals surface area contributed by atoms with Gasteiger partial charge in [0, 0.05) is 32.0 Å². The summed E-state index contributed by atoms with van der Waals surface area (Å²) in [5.74, 6) is 0. The third-order valence-electron chi connectivity index (χ3n) is 4.45. The van der Waals surface area contributed by atoms with E-state index in [4.69, 9.17) is 0 Å². The van der Waals surface area contributed by atoms with Crippen LogP contribution in [0.3, 0.4) is 0 Å². The molecule has 0 saturated heterocycles. The molecule has 0 radical (unpaired) electrons. The van der Waals surface area contributed by atoms with Crippen LogP contribution in [0.25, 0.3) is 0 Å². The molecular formula is C15H27N3O2S. The van der Waals surface area contributed by atoms with Crippen LogP contribution in [0.4, 0.5) is 0 Å². The number of hydrogen-bond acceptors (Lipinski definition) is 3. The Morgan fingerprint density at radius 1 is 1.33 bits per heavy atom. The SMILES string of the molecule is CCNCc1cc(S(=O)(=O)NCC2(C)CCCC2)cn1C. The van der Waals surface area contributed by atoms with Crippen molar-refractivity contribution in [2.75, 3.05) is 13.1 Å². The molecule has 1 aliphatic rings. The van der Waals surface area contributed by atoms with Crippen molar-refractivity contribution in [1.29, 1.82) is 0 Å². The van der Waals surface area contributed by atoms with Gasteiger partial charge < -0.3 is 9.88 Å². The Bertz CT molecular complexity index is 572. The number of hydrogen-bond donors (Lipinski definition) is 2. The van der Waals surface area contributed by atoms with Crippen LogP contribution in [-0.4, -0.2) is 26.1 Å². The lowest BCUT2D eigenvalue weighted by atomic mass is 9.89. The van der Waals surface area contributed by atoms with E-state index in [1.54, 1.807) is 12.3 Å². The first kappa shape index (κ1) is 16.5. The summed E-state index contributed by atoms with van der Waals surface area (Å²) in [5, 5.41) is 3.22. The largest absolute Gasteiger partial charge is 0.352 e. The number of nitrogens with zero attached hydrogens (tertiary/aromatic N) is 1. The summed E-state index contributed by atoms with van der Waals surface area (Å²) in [6.07, 6.45) is 6.31. The molecule has 1 heterocycles. The minimum Gasteiger partial charge on any atom is -0.352 e. The van der Waals surface area contributed by atoms with E-state index in [0.717, 1.165) is 25.1 Å². The topological polar surface area (TPSA) is 63.1 Å². The second-order valence-electron chi connectivity index (χ2n) is 6.40. The summed E-state index contributed by atoms with van der Waals surface area (Å²) in [4.78, 5) is 0.361. The Kier molecular flexibility index (Phi) is 5.11. The molecule has 21 heavy (non-hydrogen) atoms. The van der Waals surface area contributed by atoms with Crippen molar-refractivity contribution in [2.45, 2.75) is 51.0 Å². The van der Waals surface area contributed by atoms with Crippen LogP contribution in [0.15, 0.2) is 17.2 Å². The molecular weight excluding hydrogens is 286 g/mol. The summed E-state index contributed by atoms with van der Waals surface area (Å²) in [5.41, 5.74) is 1.10. The quantitative estimate of drug-likeness (QED) is 0.809. The van der Waals surface area contributed by atoms with Crippen LogP contribution in [0.5, 0.6) is 0 Å². The van der Waals surface area contributed by atoms with Gasteiger partial charge >= 0.3 is 0 Å². The van der Waals surface area contributed by atoms with Crippen molar-refractivity contribution in [1.82, 2.24) is 14.6 Å². The molecule has 1 aromatic heterocycles. The highest BCUT2D eigenvalue weighted by Crippen LogP contribution is 2.37. The van der Waals surface area contributed by atoms with Crippen molar-refractivity contribution in [3.8, 4) is 0 Å². The second kappa shape index (κ2) is 6.50. The van der Waals surface area contributed by atoms with E-state index in [2.05, 4.69) is 17.0 Å². The maximum atomic E-state index is 12.4. The van der Waals surface area contributed by atoms with E-state index in [1.807, 2.05) is 18.5 Å². The zero-order valence-corrected chi connectivity index (χ0v) is 14.1. The maximum absolute atomic E-state index is 12.4. The van der Waals surface area contributed by atoms with E-state index in [0.29, 0.717) is 18.0 Å². The van der Waals surface area contributed by atoms with Crippen LogP contribution < -0.4 is 10.0 Å². The summed E-state index contributed by atoms with van der Waals surface area (Å²) in [6.45, 7) is 6.28. The molecule has 1 aliphatic carbocycles. The molecule has 0 aliphatic heterocycles. The Morgan fingerprint density at radius 2 is 2.00 bits per heavy atom. The lowest BCUT2D eigenvalue weighted by Crippen LogP contribution is -2.34. The van der Waals surface area contributed by atoms with Gasteiger partial charge in [0.05, 0.1) is 4.90 Å². The Hall–Kier alpha value is -0.850. The molecule has 0 unspecified atom stereocenters. The number of aromatic nitrogens is 1. The van der Waals surface area contributed by atoms with Crippen molar-refractivity contribution in [2.24, 2.45) is 12.5 Å². The van der Waals surface area contributed by atoms with Gasteiger partial charge in [-0.1, -0.05) is 26.7 Å². The molecule has 1 saturated carbocycles. The number of nitrogens with one attached hydrogen (secondary N) is 2. The van der Waals surface area contributed by atoms with Crippen molar-refractivity contribution in [3.63, 3.8) is 0 Å². The monoisotopic (exact) mass is 313 g/mol. The van der Waals surface area contributed by atoms with Gasteiger partial charge in [0.2, 0.25) is 10.0 Å². The molecule has 0 amide bonds. The fraction of sp³-hybridized carbons (Fsp3) is 0.733. The molecule has 2 rings (SSSR count). The van der Waals surface area contributed by atoms with E-state index in [9.17, 15) is 8.42 Å². The predicted octanol–water partition coefficient (Wildman–Crippen LogP) is 1.99. The molecule has 5 nitrogen and oxygen atoms in total. The van der Waals surface area contributed by atoms with Gasteiger partial charge in [-0.25, -0.2) is 13.1 Å². The molecule has 6 heteroatoms. The van der Waals surface area contributed by atoms with Crippen LogP contribution in [0.2, 0.25) is 0 Å². The number of rotatable bonds is 7. The van der Waals surface area contributed by atoms with Crippen molar-refractivity contribution >= 4 is 10.0 Å². The first-order valence-electron chi connectivity index (χ1n) is 7.72. The van der Waals surface area contributed by atoms with Gasteiger partial charge in [-0.15, -0.1) is 0 Å². The average Bonchev–Trinajstić information content (AvgIpc) is 3.02. The number of sulfonamides is 1. The van der Waals surface area contributed by atoms with Gasteiger partial charge in [0.15, 0.2) is 0 Å². The molecule has 0 bridgehead atoms. The Balaban J connectivity index is 2.05. The molecule has 1 aromatic rings. The zero-order valence-electron chi connectivity index (χ0n) is 13.3. The fourth-order valence-electron chi connectivity index (χ4n) is 2.91. The summed E-state index contributed by atoms with van der Waals surface area (Å²) >= 11 is 0. The van der Waals surface area contributed by atoms with Gasteiger partial charge in [-0.05, 0) is 30.9 Å². The van der Waals surface area contributed by atoms with Crippen LogP contribution in [0, 0.1) is 5.41 Å². The smallest absolute Gasteiger partial charge is 0.242 e. The maximum Gasteiger partial charge on any atom is 0.242 e. The lowest BCUT2D eigenvalue weighted by Gasteiger charge is -2.23. The molecule has 120 valence electrons. The van der Waals surface area contributed by atoms with Gasteiger partial charge in [-0.3, -0.25) is 0 Å². The zero-order chi connectivity index (χ0) is 15.5. The summed E-state index contributed by atoms with van der Waals surface area (Å²) in [7, 11) is -1.53. The average molecular weight is 313 g/mol. The third kappa shape index (κ3) is 4.08. The normalized spacial score (nSPS) is 18.2. The molecule has 0 aromatic carbocycles. The second-order valence-corrected chi connectivity index (χ2v) is 8.17. The molecule has 2 N–H and O–H groups in total. The minimum absolute atomic E-state index is 0.119. The third-order valence-corrected chi connectivity index (χ3v) is 5.82. The molecule has 1 fully saturated rings. The van der Waals surface area contributed by atoms with Gasteiger partial charge in [0.1, 0.15) is 0 Å². The van der Waals surface area contributed by atoms with Crippen molar-refractivity contribution in [3.05, 3.63) is 18.0 Å². The highest BCUT2D eigenvalue weighted by Gasteiger charge is 2.30. The first-order chi connectivity index (χ1) is 9.86. The Morgan fingerprint density at radius 3 is 2.62 bits per heavy atom. The van der Waals surface area contributed by atoms with E-state index >= 15 is 0 Å². The predicted molar refractivity (Wildman–Crippen MR) is 84.6 cm³/mol. The van der Waals surface area contributed by atoms with E-state index in [1.165, 1.54) is 12.8 Å². The highest BCUT2D eigenvalue weighted by atomic mass is 32.2. The number of aryl methyl sites for hydroxylation is 1. The van der Waals surface area contributed by atoms with Crippen LogP contribution >= 0.6 is 0 Å². The first-order valence-corrected chi connectivity index (χ1v) is 9.20. The van der Waals surface area contributed by atoms with E-state index in [-0.39, 0.29) is 5.41 Å². The fourth-order valence-corrected chi connectivity index (χ4v) is 4.20. The van der Waals surface area contributed by atoms with Gasteiger partial charge in [-0.2, -0.15) is 0 Å². The minimum atomic E-state index is -3.41. The van der Waals surface area contributed by atoms with Crippen LogP contribution in [0.1, 0.15) is 45.2 Å². The van der Waals surface area contributed by atoms with E-state index < -0.39 is 10.0 Å². The lowest BCUT2D eigenvalue weighted by molar-refractivity contribution is 0.336. The summed E-state index contributed by atoms with van der Waals surface area (Å²) in [6, 6.07) is 1.75. The Labute approximate surface area is 128 Å². The van der Waals surface area contributed by atoms with Crippen LogP contribution in [-0.2, 0) is 23.6 Å². The highest BCUT2D eigenvalue weighted by molar-refractivity contribution is 7.89. The molecule has 0 spiro atoms. The van der Waals surface area contributed by atoms with Crippen molar-refractivity contribution < 1.29 is 8.42 Å². The van der Waals surface area contributed by atoms with Gasteiger partial charge in [0.25, 0.3) is 0 Å². The summed E-state index contributed by atoms with van der Waals surface area (Å²) < 4.78 is 29.5. The standard InChI is InChI=1S/C15H27N3O2S/c1-4-16-10-13-9-14(11-18(13)3)21(19,20)17-12-15(2)7-5-6-8-15/h9,11,16-17H,4-8,10,12H2,1-3H3. The molecule has 0 atom stereocenters.